The molecule has 14 heteroatoms. The minimum absolute atomic E-state index is 0.235. The fraction of sp³-hybridized carbons (Fsp3) is 0.278. The number of aliphatic hydroxyl groups excluding tert-OH is 1. The molecule has 2 aromatic rings. The minimum Gasteiger partial charge on any atom is -0.395 e. The quantitative estimate of drug-likeness (QED) is 0.514. The lowest BCUT2D eigenvalue weighted by molar-refractivity contribution is -0.242. The molecule has 0 saturated carbocycles. The highest BCUT2D eigenvalue weighted by molar-refractivity contribution is 7.94. The standard InChI is InChI=1S/C18H17ClF3NO7S2/c1-17(26,18(20,21)22)16(25)23-13-7-6-11(10-12(13)19)32(29,30)15-5-3-2-4-14(15)31(27,28)9-8-24/h2-7,10,24,26H,8-9H2,1H3,(H,23,25). The summed E-state index contributed by atoms with van der Waals surface area (Å²) < 4.78 is 89.1. The summed E-state index contributed by atoms with van der Waals surface area (Å²) in [6, 6.07) is 7.25. The SMILES string of the molecule is CC(O)(C(=O)Nc1ccc(S(=O)(=O)c2ccccc2S(=O)(=O)CCO)cc1Cl)C(F)(F)F. The molecule has 2 rings (SSSR count). The Kier molecular flexibility index (Phi) is 7.32. The average Bonchev–Trinajstić information content (AvgIpc) is 2.68. The van der Waals surface area contributed by atoms with Crippen LogP contribution in [0.5, 0.6) is 0 Å². The van der Waals surface area contributed by atoms with Gasteiger partial charge >= 0.3 is 6.18 Å². The van der Waals surface area contributed by atoms with Crippen LogP contribution >= 0.6 is 11.6 Å². The van der Waals surface area contributed by atoms with Crippen LogP contribution < -0.4 is 5.32 Å². The lowest BCUT2D eigenvalue weighted by atomic mass is 10.1. The summed E-state index contributed by atoms with van der Waals surface area (Å²) in [5, 5.41) is 19.6. The first-order valence-corrected chi connectivity index (χ1v) is 12.1. The molecule has 0 fully saturated rings. The van der Waals surface area contributed by atoms with Crippen molar-refractivity contribution in [2.75, 3.05) is 17.7 Å². The molecular formula is C18H17ClF3NO7S2. The van der Waals surface area contributed by atoms with Crippen molar-refractivity contribution in [1.82, 2.24) is 0 Å². The van der Waals surface area contributed by atoms with Crippen molar-refractivity contribution in [3.8, 4) is 0 Å². The fourth-order valence-electron chi connectivity index (χ4n) is 2.42. The van der Waals surface area contributed by atoms with Crippen molar-refractivity contribution in [1.29, 1.82) is 0 Å². The van der Waals surface area contributed by atoms with E-state index in [1.165, 1.54) is 12.1 Å². The highest BCUT2D eigenvalue weighted by Gasteiger charge is 2.55. The molecule has 0 radical (unpaired) electrons. The molecule has 0 aliphatic rings. The number of anilines is 1. The number of hydrogen-bond acceptors (Lipinski definition) is 7. The van der Waals surface area contributed by atoms with Crippen LogP contribution in [0.2, 0.25) is 5.02 Å². The third-order valence-electron chi connectivity index (χ3n) is 4.33. The smallest absolute Gasteiger partial charge is 0.395 e. The number of aliphatic hydroxyl groups is 2. The predicted molar refractivity (Wildman–Crippen MR) is 108 cm³/mol. The molecule has 176 valence electrons. The number of rotatable bonds is 7. The summed E-state index contributed by atoms with van der Waals surface area (Å²) in [6.45, 7) is -0.503. The number of sulfone groups is 2. The van der Waals surface area contributed by atoms with E-state index in [1.807, 2.05) is 0 Å². The van der Waals surface area contributed by atoms with Crippen LogP contribution in [0.3, 0.4) is 0 Å². The number of benzene rings is 2. The second-order valence-corrected chi connectivity index (χ2v) is 11.1. The minimum atomic E-state index is -5.28. The van der Waals surface area contributed by atoms with Gasteiger partial charge in [-0.2, -0.15) is 13.2 Å². The first-order chi connectivity index (χ1) is 14.6. The van der Waals surface area contributed by atoms with Gasteiger partial charge in [-0.15, -0.1) is 0 Å². The summed E-state index contributed by atoms with van der Waals surface area (Å²) in [4.78, 5) is 10.2. The highest BCUT2D eigenvalue weighted by Crippen LogP contribution is 2.34. The van der Waals surface area contributed by atoms with Crippen molar-refractivity contribution in [3.05, 3.63) is 47.5 Å². The van der Waals surface area contributed by atoms with Crippen molar-refractivity contribution < 1.29 is 45.0 Å². The summed E-state index contributed by atoms with van der Waals surface area (Å²) >= 11 is 5.92. The Labute approximate surface area is 186 Å². The number of hydrogen-bond donors (Lipinski definition) is 3. The summed E-state index contributed by atoms with van der Waals surface area (Å²) in [5.41, 5.74) is -4.15. The second-order valence-electron chi connectivity index (χ2n) is 6.66. The zero-order chi connectivity index (χ0) is 24.5. The number of carbonyl (C=O) groups excluding carboxylic acids is 1. The summed E-state index contributed by atoms with van der Waals surface area (Å²) in [7, 11) is -8.63. The molecule has 1 unspecified atom stereocenters. The first kappa shape index (κ1) is 26.1. The molecule has 0 saturated heterocycles. The van der Waals surface area contributed by atoms with Gasteiger partial charge < -0.3 is 15.5 Å². The van der Waals surface area contributed by atoms with Gasteiger partial charge in [0.1, 0.15) is 0 Å². The molecule has 0 aromatic heterocycles. The third-order valence-corrected chi connectivity index (χ3v) is 8.32. The van der Waals surface area contributed by atoms with Gasteiger partial charge in [-0.1, -0.05) is 23.7 Å². The van der Waals surface area contributed by atoms with E-state index in [9.17, 15) is 39.9 Å². The molecule has 0 aliphatic heterocycles. The Hall–Kier alpha value is -2.19. The fourth-order valence-corrected chi connectivity index (χ4v) is 5.91. The van der Waals surface area contributed by atoms with Gasteiger partial charge in [0.2, 0.25) is 15.4 Å². The van der Waals surface area contributed by atoms with Crippen molar-refractivity contribution in [2.24, 2.45) is 0 Å². The van der Waals surface area contributed by atoms with E-state index in [0.29, 0.717) is 0 Å². The molecule has 0 heterocycles. The van der Waals surface area contributed by atoms with E-state index < -0.39 is 75.1 Å². The van der Waals surface area contributed by atoms with Crippen LogP contribution in [0.25, 0.3) is 0 Å². The van der Waals surface area contributed by atoms with Gasteiger partial charge in [0, 0.05) is 0 Å². The number of amides is 1. The average molecular weight is 516 g/mol. The maximum Gasteiger partial charge on any atom is 0.426 e. The van der Waals surface area contributed by atoms with Crippen LogP contribution in [0.4, 0.5) is 18.9 Å². The molecule has 0 spiro atoms. The third kappa shape index (κ3) is 5.07. The van der Waals surface area contributed by atoms with Crippen LogP contribution in [-0.2, 0) is 24.5 Å². The number of carbonyl (C=O) groups is 1. The second kappa shape index (κ2) is 8.98. The van der Waals surface area contributed by atoms with Gasteiger partial charge in [0.15, 0.2) is 9.84 Å². The van der Waals surface area contributed by atoms with E-state index >= 15 is 0 Å². The molecule has 32 heavy (non-hydrogen) atoms. The molecule has 0 bridgehead atoms. The van der Waals surface area contributed by atoms with E-state index in [4.69, 9.17) is 16.7 Å². The van der Waals surface area contributed by atoms with Crippen LogP contribution in [-0.4, -0.2) is 57.1 Å². The van der Waals surface area contributed by atoms with Crippen molar-refractivity contribution in [3.63, 3.8) is 0 Å². The summed E-state index contributed by atoms with van der Waals surface area (Å²) in [6.07, 6.45) is -5.28. The Bertz CT molecular complexity index is 1240. The molecular weight excluding hydrogens is 499 g/mol. The van der Waals surface area contributed by atoms with Gasteiger partial charge in [0.05, 0.1) is 37.8 Å². The molecule has 2 aromatic carbocycles. The Morgan fingerprint density at radius 1 is 1.06 bits per heavy atom. The van der Waals surface area contributed by atoms with Crippen LogP contribution in [0.15, 0.2) is 57.2 Å². The summed E-state index contributed by atoms with van der Waals surface area (Å²) in [5.74, 6) is -2.56. The lowest BCUT2D eigenvalue weighted by Crippen LogP contribution is -2.52. The Morgan fingerprint density at radius 2 is 1.62 bits per heavy atom. The monoisotopic (exact) mass is 515 g/mol. The van der Waals surface area contributed by atoms with Gasteiger partial charge in [0.25, 0.3) is 5.91 Å². The van der Waals surface area contributed by atoms with E-state index in [-0.39, 0.29) is 6.92 Å². The zero-order valence-corrected chi connectivity index (χ0v) is 18.6. The number of halogens is 4. The lowest BCUT2D eigenvalue weighted by Gasteiger charge is -2.25. The zero-order valence-electron chi connectivity index (χ0n) is 16.2. The first-order valence-electron chi connectivity index (χ1n) is 8.63. The van der Waals surface area contributed by atoms with Gasteiger partial charge in [-0.3, -0.25) is 4.79 Å². The maximum absolute atomic E-state index is 13.0. The highest BCUT2D eigenvalue weighted by atomic mass is 35.5. The van der Waals surface area contributed by atoms with Crippen LogP contribution in [0.1, 0.15) is 6.92 Å². The normalized spacial score (nSPS) is 14.6. The topological polar surface area (TPSA) is 138 Å². The van der Waals surface area contributed by atoms with E-state index in [1.54, 1.807) is 5.32 Å². The molecule has 1 amide bonds. The van der Waals surface area contributed by atoms with E-state index in [2.05, 4.69) is 0 Å². The Morgan fingerprint density at radius 3 is 2.12 bits per heavy atom. The van der Waals surface area contributed by atoms with E-state index in [0.717, 1.165) is 30.3 Å². The molecule has 0 aliphatic carbocycles. The van der Waals surface area contributed by atoms with Gasteiger partial charge in [-0.05, 0) is 37.3 Å². The van der Waals surface area contributed by atoms with Crippen LogP contribution in [0, 0.1) is 0 Å². The van der Waals surface area contributed by atoms with Crippen molar-refractivity contribution >= 4 is 42.9 Å². The largest absolute Gasteiger partial charge is 0.426 e. The Balaban J connectivity index is 2.48. The molecule has 1 atom stereocenters. The molecule has 3 N–H and O–H groups in total. The predicted octanol–water partition coefficient (Wildman–Crippen LogP) is 2.19. The number of nitrogens with one attached hydrogen (secondary N) is 1. The molecule has 8 nitrogen and oxygen atoms in total. The van der Waals surface area contributed by atoms with Gasteiger partial charge in [-0.25, -0.2) is 16.8 Å². The number of alkyl halides is 3. The van der Waals surface area contributed by atoms with Crippen molar-refractivity contribution in [2.45, 2.75) is 33.4 Å². The maximum atomic E-state index is 13.0.